The highest BCUT2D eigenvalue weighted by Gasteiger charge is 2.44. The molecule has 0 unspecified atom stereocenters. The van der Waals surface area contributed by atoms with Crippen LogP contribution in [0.5, 0.6) is 0 Å². The van der Waals surface area contributed by atoms with Gasteiger partial charge in [-0.1, -0.05) is 0 Å². The average molecular weight is 272 g/mol. The molecule has 0 aromatic heterocycles. The van der Waals surface area contributed by atoms with E-state index in [0.29, 0.717) is 0 Å². The minimum Gasteiger partial charge on any atom is -0.387 e. The van der Waals surface area contributed by atoms with Crippen molar-refractivity contribution in [1.82, 2.24) is 0 Å². The zero-order valence-electron chi connectivity index (χ0n) is 9.38. The Morgan fingerprint density at radius 2 is 1.76 bits per heavy atom. The number of aliphatic hydroxyl groups excluding tert-OH is 3. The molecular formula is C8H16O8S. The first-order valence-corrected chi connectivity index (χ1v) is 6.64. The maximum Gasteiger partial charge on any atom is 0.264 e. The van der Waals surface area contributed by atoms with E-state index in [-0.39, 0.29) is 0 Å². The van der Waals surface area contributed by atoms with Gasteiger partial charge in [0.2, 0.25) is 0 Å². The van der Waals surface area contributed by atoms with Gasteiger partial charge >= 0.3 is 0 Å². The predicted octanol–water partition coefficient (Wildman–Crippen LogP) is -2.58. The number of methoxy groups -OCH3 is 1. The van der Waals surface area contributed by atoms with E-state index in [1.54, 1.807) is 0 Å². The molecule has 1 saturated heterocycles. The van der Waals surface area contributed by atoms with Gasteiger partial charge in [0, 0.05) is 7.11 Å². The number of hydrogen-bond acceptors (Lipinski definition) is 8. The molecule has 0 aliphatic carbocycles. The molecule has 0 radical (unpaired) electrons. The smallest absolute Gasteiger partial charge is 0.264 e. The molecule has 17 heavy (non-hydrogen) atoms. The summed E-state index contributed by atoms with van der Waals surface area (Å²) in [6.45, 7) is -0.469. The van der Waals surface area contributed by atoms with Crippen LogP contribution in [0, 0.1) is 0 Å². The third-order valence-electron chi connectivity index (χ3n) is 2.35. The normalized spacial score (nSPS) is 39.2. The Balaban J connectivity index is 2.66. The van der Waals surface area contributed by atoms with Crippen LogP contribution in [0.2, 0.25) is 0 Å². The van der Waals surface area contributed by atoms with Crippen molar-refractivity contribution in [2.75, 3.05) is 20.0 Å². The first kappa shape index (κ1) is 14.8. The minimum atomic E-state index is -3.68. The van der Waals surface area contributed by atoms with Crippen LogP contribution in [0.15, 0.2) is 0 Å². The Labute approximate surface area is 98.8 Å². The van der Waals surface area contributed by atoms with Crippen molar-refractivity contribution < 1.29 is 37.4 Å². The van der Waals surface area contributed by atoms with Crippen LogP contribution in [0.3, 0.4) is 0 Å². The van der Waals surface area contributed by atoms with Crippen LogP contribution in [-0.2, 0) is 23.8 Å². The first-order valence-electron chi connectivity index (χ1n) is 4.83. The van der Waals surface area contributed by atoms with E-state index < -0.39 is 47.4 Å². The molecule has 3 N–H and O–H groups in total. The lowest BCUT2D eigenvalue weighted by atomic mass is 9.99. The Morgan fingerprint density at radius 3 is 2.24 bits per heavy atom. The van der Waals surface area contributed by atoms with E-state index in [4.69, 9.17) is 9.47 Å². The summed E-state index contributed by atoms with van der Waals surface area (Å²) >= 11 is 0. The van der Waals surface area contributed by atoms with Crippen molar-refractivity contribution in [1.29, 1.82) is 0 Å². The fraction of sp³-hybridized carbons (Fsp3) is 1.00. The summed E-state index contributed by atoms with van der Waals surface area (Å²) in [5.74, 6) is 0. The third-order valence-corrected chi connectivity index (χ3v) is 2.91. The Kier molecular flexibility index (Phi) is 4.84. The first-order chi connectivity index (χ1) is 7.76. The molecule has 0 saturated carbocycles. The van der Waals surface area contributed by atoms with Crippen LogP contribution in [0.1, 0.15) is 0 Å². The number of aliphatic hydroxyl groups is 3. The van der Waals surface area contributed by atoms with Crippen molar-refractivity contribution in [3.05, 3.63) is 0 Å². The molecular weight excluding hydrogens is 256 g/mol. The molecule has 0 bridgehead atoms. The monoisotopic (exact) mass is 272 g/mol. The Bertz CT molecular complexity index is 339. The predicted molar refractivity (Wildman–Crippen MR) is 54.5 cm³/mol. The lowest BCUT2D eigenvalue weighted by Gasteiger charge is -2.39. The molecule has 0 aromatic rings. The maximum atomic E-state index is 10.8. The SMILES string of the molecule is CO[C@@H]1O[C@H](COS(C)(=O)=O)[C@@H](O)[C@H](O)[C@H]1O. The van der Waals surface area contributed by atoms with Crippen LogP contribution in [0.25, 0.3) is 0 Å². The van der Waals surface area contributed by atoms with Crippen molar-refractivity contribution in [2.24, 2.45) is 0 Å². The molecule has 102 valence electrons. The quantitative estimate of drug-likeness (QED) is 0.477. The summed E-state index contributed by atoms with van der Waals surface area (Å²) < 4.78 is 35.8. The molecule has 1 rings (SSSR count). The molecule has 0 amide bonds. The van der Waals surface area contributed by atoms with Gasteiger partial charge in [-0.2, -0.15) is 8.42 Å². The standard InChI is InChI=1S/C8H16O8S/c1-14-8-7(11)6(10)5(9)4(16-8)3-15-17(2,12)13/h4-11H,3H2,1-2H3/t4-,5-,6+,7-,8-/m1/s1. The molecule has 1 fully saturated rings. The number of hydrogen-bond donors (Lipinski definition) is 3. The van der Waals surface area contributed by atoms with E-state index in [1.807, 2.05) is 0 Å². The van der Waals surface area contributed by atoms with Gasteiger partial charge in [-0.05, 0) is 0 Å². The van der Waals surface area contributed by atoms with Crippen molar-refractivity contribution in [2.45, 2.75) is 30.7 Å². The fourth-order valence-electron chi connectivity index (χ4n) is 1.44. The van der Waals surface area contributed by atoms with Crippen molar-refractivity contribution >= 4 is 10.1 Å². The third kappa shape index (κ3) is 3.85. The van der Waals surface area contributed by atoms with Crippen LogP contribution in [-0.4, -0.2) is 74.4 Å². The fourth-order valence-corrected chi connectivity index (χ4v) is 1.82. The van der Waals surface area contributed by atoms with Gasteiger partial charge in [-0.3, -0.25) is 4.18 Å². The van der Waals surface area contributed by atoms with E-state index in [1.165, 1.54) is 7.11 Å². The van der Waals surface area contributed by atoms with Gasteiger partial charge in [0.25, 0.3) is 10.1 Å². The Morgan fingerprint density at radius 1 is 1.18 bits per heavy atom. The second-order valence-corrected chi connectivity index (χ2v) is 5.38. The number of rotatable bonds is 4. The highest BCUT2D eigenvalue weighted by Crippen LogP contribution is 2.22. The molecule has 0 spiro atoms. The average Bonchev–Trinajstić information content (AvgIpc) is 2.24. The summed E-state index contributed by atoms with van der Waals surface area (Å²) in [4.78, 5) is 0. The van der Waals surface area contributed by atoms with Crippen LogP contribution >= 0.6 is 0 Å². The van der Waals surface area contributed by atoms with E-state index in [9.17, 15) is 23.7 Å². The van der Waals surface area contributed by atoms with Gasteiger partial charge in [-0.25, -0.2) is 0 Å². The molecule has 1 aliphatic rings. The molecule has 5 atom stereocenters. The highest BCUT2D eigenvalue weighted by molar-refractivity contribution is 7.85. The molecule has 8 nitrogen and oxygen atoms in total. The van der Waals surface area contributed by atoms with Crippen molar-refractivity contribution in [3.63, 3.8) is 0 Å². The zero-order valence-corrected chi connectivity index (χ0v) is 10.2. The molecule has 9 heteroatoms. The second-order valence-electron chi connectivity index (χ2n) is 3.74. The highest BCUT2D eigenvalue weighted by atomic mass is 32.2. The summed E-state index contributed by atoms with van der Waals surface area (Å²) in [6.07, 6.45) is -5.78. The second kappa shape index (κ2) is 5.57. The lowest BCUT2D eigenvalue weighted by molar-refractivity contribution is -0.293. The maximum absolute atomic E-state index is 10.8. The van der Waals surface area contributed by atoms with E-state index in [2.05, 4.69) is 4.18 Å². The van der Waals surface area contributed by atoms with Crippen molar-refractivity contribution in [3.8, 4) is 0 Å². The summed E-state index contributed by atoms with van der Waals surface area (Å²) in [6, 6.07) is 0. The van der Waals surface area contributed by atoms with Gasteiger partial charge in [-0.15, -0.1) is 0 Å². The van der Waals surface area contributed by atoms with Gasteiger partial charge in [0.15, 0.2) is 6.29 Å². The zero-order chi connectivity index (χ0) is 13.2. The van der Waals surface area contributed by atoms with Gasteiger partial charge in [0.05, 0.1) is 12.9 Å². The molecule has 1 aliphatic heterocycles. The Hall–Kier alpha value is -0.290. The summed E-state index contributed by atoms with van der Waals surface area (Å²) in [5, 5.41) is 28.5. The van der Waals surface area contributed by atoms with E-state index in [0.717, 1.165) is 6.26 Å². The topological polar surface area (TPSA) is 123 Å². The molecule has 1 heterocycles. The summed E-state index contributed by atoms with van der Waals surface area (Å²) in [5.41, 5.74) is 0. The number of ether oxygens (including phenoxy) is 2. The lowest BCUT2D eigenvalue weighted by Crippen LogP contribution is -2.59. The van der Waals surface area contributed by atoms with Crippen LogP contribution < -0.4 is 0 Å². The van der Waals surface area contributed by atoms with E-state index >= 15 is 0 Å². The van der Waals surface area contributed by atoms with Gasteiger partial charge < -0.3 is 24.8 Å². The molecule has 0 aromatic carbocycles. The largest absolute Gasteiger partial charge is 0.387 e. The van der Waals surface area contributed by atoms with Gasteiger partial charge in [0.1, 0.15) is 24.4 Å². The van der Waals surface area contributed by atoms with Crippen LogP contribution in [0.4, 0.5) is 0 Å². The minimum absolute atomic E-state index is 0.469. The summed E-state index contributed by atoms with van der Waals surface area (Å²) in [7, 11) is -2.44.